The fourth-order valence-electron chi connectivity index (χ4n) is 2.80. The van der Waals surface area contributed by atoms with E-state index in [1.807, 2.05) is 25.7 Å². The molecule has 0 radical (unpaired) electrons. The van der Waals surface area contributed by atoms with Crippen LogP contribution in [-0.4, -0.2) is 53.5 Å². The summed E-state index contributed by atoms with van der Waals surface area (Å²) < 4.78 is 5.45. The Hall–Kier alpha value is -0.810. The summed E-state index contributed by atoms with van der Waals surface area (Å²) in [5.74, 6) is 0. The van der Waals surface area contributed by atoms with Gasteiger partial charge in [-0.2, -0.15) is 0 Å². The van der Waals surface area contributed by atoms with Gasteiger partial charge in [-0.25, -0.2) is 4.79 Å². The number of likely N-dealkylation sites (tertiary alicyclic amines) is 1. The number of rotatable bonds is 5. The molecule has 130 valence electrons. The Balaban J connectivity index is 2.37. The van der Waals surface area contributed by atoms with E-state index in [1.165, 1.54) is 0 Å². The van der Waals surface area contributed by atoms with Gasteiger partial charge in [0.2, 0.25) is 0 Å². The van der Waals surface area contributed by atoms with Gasteiger partial charge in [0.05, 0.1) is 6.10 Å². The topological polar surface area (TPSA) is 61.8 Å². The quantitative estimate of drug-likeness (QED) is 0.819. The number of nitrogens with zero attached hydrogens (tertiary/aromatic N) is 1. The Labute approximate surface area is 135 Å². The van der Waals surface area contributed by atoms with Gasteiger partial charge < -0.3 is 20.1 Å². The van der Waals surface area contributed by atoms with Crippen LogP contribution in [0.15, 0.2) is 0 Å². The van der Waals surface area contributed by atoms with Crippen LogP contribution in [0.1, 0.15) is 60.8 Å². The van der Waals surface area contributed by atoms with Gasteiger partial charge in [-0.3, -0.25) is 0 Å². The molecule has 1 fully saturated rings. The molecule has 1 rings (SSSR count). The molecule has 1 heterocycles. The molecule has 1 saturated heterocycles. The standard InChI is InChI=1S/C17H34N2O3/c1-16(2,3)10-14(20)12-18-11-13-8-7-9-19(13)15(21)22-17(4,5)6/h13-14,18,20H,7-12H2,1-6H3. The predicted octanol–water partition coefficient (Wildman–Crippen LogP) is 2.77. The summed E-state index contributed by atoms with van der Waals surface area (Å²) in [6, 6.07) is 0.164. The lowest BCUT2D eigenvalue weighted by Crippen LogP contribution is -2.45. The van der Waals surface area contributed by atoms with Gasteiger partial charge in [-0.15, -0.1) is 0 Å². The lowest BCUT2D eigenvalue weighted by Gasteiger charge is -2.29. The average molecular weight is 314 g/mol. The third-order valence-electron chi connectivity index (χ3n) is 3.61. The molecule has 1 aliphatic rings. The summed E-state index contributed by atoms with van der Waals surface area (Å²) in [6.45, 7) is 14.1. The maximum Gasteiger partial charge on any atom is 0.410 e. The molecule has 22 heavy (non-hydrogen) atoms. The summed E-state index contributed by atoms with van der Waals surface area (Å²) in [4.78, 5) is 14.0. The van der Waals surface area contributed by atoms with E-state index in [1.54, 1.807) is 0 Å². The summed E-state index contributed by atoms with van der Waals surface area (Å²) in [5, 5.41) is 13.3. The van der Waals surface area contributed by atoms with E-state index in [-0.39, 0.29) is 23.7 Å². The predicted molar refractivity (Wildman–Crippen MR) is 88.9 cm³/mol. The van der Waals surface area contributed by atoms with Crippen molar-refractivity contribution in [3.8, 4) is 0 Å². The van der Waals surface area contributed by atoms with E-state index < -0.39 is 5.60 Å². The molecule has 0 aliphatic carbocycles. The van der Waals surface area contributed by atoms with Gasteiger partial charge in [-0.05, 0) is 45.4 Å². The van der Waals surface area contributed by atoms with Crippen LogP contribution >= 0.6 is 0 Å². The largest absolute Gasteiger partial charge is 0.444 e. The van der Waals surface area contributed by atoms with Crippen LogP contribution in [0, 0.1) is 5.41 Å². The molecular weight excluding hydrogens is 280 g/mol. The zero-order chi connectivity index (χ0) is 17.0. The van der Waals surface area contributed by atoms with E-state index in [2.05, 4.69) is 26.1 Å². The van der Waals surface area contributed by atoms with Crippen molar-refractivity contribution in [1.29, 1.82) is 0 Å². The van der Waals surface area contributed by atoms with Crippen LogP contribution < -0.4 is 5.32 Å². The van der Waals surface area contributed by atoms with Gasteiger partial charge >= 0.3 is 6.09 Å². The molecule has 2 atom stereocenters. The monoisotopic (exact) mass is 314 g/mol. The lowest BCUT2D eigenvalue weighted by atomic mass is 9.89. The number of ether oxygens (including phenoxy) is 1. The molecule has 1 amide bonds. The van der Waals surface area contributed by atoms with Crippen molar-refractivity contribution in [2.24, 2.45) is 5.41 Å². The van der Waals surface area contributed by atoms with Crippen molar-refractivity contribution in [3.05, 3.63) is 0 Å². The van der Waals surface area contributed by atoms with Crippen molar-refractivity contribution in [1.82, 2.24) is 10.2 Å². The number of nitrogens with one attached hydrogen (secondary N) is 1. The smallest absolute Gasteiger partial charge is 0.410 e. The number of hydrogen-bond acceptors (Lipinski definition) is 4. The van der Waals surface area contributed by atoms with Gasteiger partial charge in [0.1, 0.15) is 5.60 Å². The van der Waals surface area contributed by atoms with Gasteiger partial charge in [0.15, 0.2) is 0 Å². The number of carbonyl (C=O) groups is 1. The lowest BCUT2D eigenvalue weighted by molar-refractivity contribution is 0.0224. The Morgan fingerprint density at radius 2 is 1.95 bits per heavy atom. The second-order valence-electron chi connectivity index (χ2n) is 8.55. The van der Waals surface area contributed by atoms with Crippen LogP contribution in [0.4, 0.5) is 4.79 Å². The van der Waals surface area contributed by atoms with Gasteiger partial charge in [0.25, 0.3) is 0 Å². The SMILES string of the molecule is CC(C)(C)CC(O)CNCC1CCCN1C(=O)OC(C)(C)C. The van der Waals surface area contributed by atoms with E-state index in [4.69, 9.17) is 4.74 Å². The van der Waals surface area contributed by atoms with E-state index in [9.17, 15) is 9.90 Å². The highest BCUT2D eigenvalue weighted by atomic mass is 16.6. The minimum Gasteiger partial charge on any atom is -0.444 e. The van der Waals surface area contributed by atoms with E-state index >= 15 is 0 Å². The zero-order valence-electron chi connectivity index (χ0n) is 15.1. The second-order valence-corrected chi connectivity index (χ2v) is 8.55. The molecule has 5 heteroatoms. The van der Waals surface area contributed by atoms with Crippen molar-refractivity contribution in [3.63, 3.8) is 0 Å². The van der Waals surface area contributed by atoms with Crippen LogP contribution in [0.3, 0.4) is 0 Å². The number of amides is 1. The number of aliphatic hydroxyl groups is 1. The molecular formula is C17H34N2O3. The third-order valence-corrected chi connectivity index (χ3v) is 3.61. The maximum absolute atomic E-state index is 12.2. The minimum absolute atomic E-state index is 0.122. The van der Waals surface area contributed by atoms with Gasteiger partial charge in [-0.1, -0.05) is 20.8 Å². The van der Waals surface area contributed by atoms with Crippen LogP contribution in [0.25, 0.3) is 0 Å². The average Bonchev–Trinajstić information content (AvgIpc) is 2.72. The highest BCUT2D eigenvalue weighted by Crippen LogP contribution is 2.21. The second kappa shape index (κ2) is 7.64. The first-order chi connectivity index (χ1) is 9.98. The first kappa shape index (κ1) is 19.2. The fourth-order valence-corrected chi connectivity index (χ4v) is 2.80. The van der Waals surface area contributed by atoms with Crippen LogP contribution in [-0.2, 0) is 4.74 Å². The Morgan fingerprint density at radius 1 is 1.32 bits per heavy atom. The summed E-state index contributed by atoms with van der Waals surface area (Å²) in [7, 11) is 0. The highest BCUT2D eigenvalue weighted by Gasteiger charge is 2.31. The normalized spacial score (nSPS) is 21.0. The minimum atomic E-state index is -0.458. The van der Waals surface area contributed by atoms with E-state index in [0.717, 1.165) is 25.8 Å². The molecule has 2 unspecified atom stereocenters. The summed E-state index contributed by atoms with van der Waals surface area (Å²) in [6.07, 6.45) is 2.18. The Bertz CT molecular complexity index is 358. The fraction of sp³-hybridized carbons (Fsp3) is 0.941. The van der Waals surface area contributed by atoms with E-state index in [0.29, 0.717) is 13.1 Å². The van der Waals surface area contributed by atoms with Gasteiger partial charge in [0, 0.05) is 25.7 Å². The van der Waals surface area contributed by atoms with Crippen molar-refractivity contribution >= 4 is 6.09 Å². The molecule has 5 nitrogen and oxygen atoms in total. The Kier molecular flexibility index (Phi) is 6.68. The molecule has 1 aliphatic heterocycles. The van der Waals surface area contributed by atoms with Crippen LogP contribution in [0.5, 0.6) is 0 Å². The molecule has 2 N–H and O–H groups in total. The maximum atomic E-state index is 12.2. The molecule has 0 aromatic rings. The highest BCUT2D eigenvalue weighted by molar-refractivity contribution is 5.69. The number of aliphatic hydroxyl groups excluding tert-OH is 1. The van der Waals surface area contributed by atoms with Crippen molar-refractivity contribution in [2.75, 3.05) is 19.6 Å². The third kappa shape index (κ3) is 7.45. The Morgan fingerprint density at radius 3 is 2.50 bits per heavy atom. The molecule has 0 aromatic heterocycles. The van der Waals surface area contributed by atoms with Crippen molar-refractivity contribution < 1.29 is 14.6 Å². The summed E-state index contributed by atoms with van der Waals surface area (Å²) >= 11 is 0. The number of hydrogen-bond donors (Lipinski definition) is 2. The first-order valence-electron chi connectivity index (χ1n) is 8.36. The van der Waals surface area contributed by atoms with Crippen molar-refractivity contribution in [2.45, 2.75) is 78.6 Å². The zero-order valence-corrected chi connectivity index (χ0v) is 15.1. The molecule has 0 spiro atoms. The summed E-state index contributed by atoms with van der Waals surface area (Å²) in [5.41, 5.74) is -0.336. The molecule has 0 bridgehead atoms. The molecule has 0 aromatic carbocycles. The first-order valence-corrected chi connectivity index (χ1v) is 8.36. The number of carbonyl (C=O) groups excluding carboxylic acids is 1. The molecule has 0 saturated carbocycles. The van der Waals surface area contributed by atoms with Crippen LogP contribution in [0.2, 0.25) is 0 Å².